The molecule has 21 heavy (non-hydrogen) atoms. The monoisotopic (exact) mass is 298 g/mol. The number of aromatic nitrogens is 4. The van der Waals surface area contributed by atoms with Crippen LogP contribution in [0.5, 0.6) is 0 Å². The number of nitrogens with one attached hydrogen (secondary N) is 1. The van der Waals surface area contributed by atoms with Crippen molar-refractivity contribution in [3.63, 3.8) is 0 Å². The van der Waals surface area contributed by atoms with Gasteiger partial charge in [0.05, 0.1) is 11.6 Å². The number of aryl methyl sites for hydroxylation is 2. The molecule has 0 bridgehead atoms. The van der Waals surface area contributed by atoms with E-state index in [1.54, 1.807) is 0 Å². The second-order valence-electron chi connectivity index (χ2n) is 5.26. The molecule has 0 atom stereocenters. The van der Waals surface area contributed by atoms with Crippen LogP contribution in [0.2, 0.25) is 0 Å². The summed E-state index contributed by atoms with van der Waals surface area (Å²) in [5.74, 6) is 0.590. The molecule has 3 aromatic rings. The summed E-state index contributed by atoms with van der Waals surface area (Å²) in [7, 11) is 0. The second-order valence-corrected chi connectivity index (χ2v) is 6.11. The third-order valence-electron chi connectivity index (χ3n) is 3.83. The minimum Gasteiger partial charge on any atom is -0.306 e. The van der Waals surface area contributed by atoms with Crippen LogP contribution in [0.15, 0.2) is 16.4 Å². The lowest BCUT2D eigenvalue weighted by Gasteiger charge is -1.96. The average Bonchev–Trinajstić information content (AvgIpc) is 3.13. The molecular formula is C15H14N4OS. The molecule has 0 amide bonds. The van der Waals surface area contributed by atoms with Gasteiger partial charge in [-0.15, -0.1) is 11.3 Å². The van der Waals surface area contributed by atoms with Gasteiger partial charge in [0.15, 0.2) is 0 Å². The fourth-order valence-corrected chi connectivity index (χ4v) is 3.71. The van der Waals surface area contributed by atoms with Gasteiger partial charge in [-0.3, -0.25) is 9.48 Å². The molecule has 0 fully saturated rings. The van der Waals surface area contributed by atoms with E-state index < -0.39 is 0 Å². The minimum absolute atomic E-state index is 0.0707. The Balaban J connectivity index is 1.74. The number of H-pyrrole nitrogens is 1. The molecule has 0 spiro atoms. The van der Waals surface area contributed by atoms with Crippen molar-refractivity contribution in [3.05, 3.63) is 44.6 Å². The van der Waals surface area contributed by atoms with Crippen molar-refractivity contribution < 1.29 is 0 Å². The third-order valence-corrected chi connectivity index (χ3v) is 4.82. The maximum Gasteiger partial charge on any atom is 0.260 e. The van der Waals surface area contributed by atoms with E-state index in [0.717, 1.165) is 35.3 Å². The van der Waals surface area contributed by atoms with Gasteiger partial charge in [-0.1, -0.05) is 0 Å². The summed E-state index contributed by atoms with van der Waals surface area (Å²) in [6.07, 6.45) is 7.92. The maximum absolute atomic E-state index is 12.1. The number of hydrogen-bond acceptors (Lipinski definition) is 4. The average molecular weight is 298 g/mol. The van der Waals surface area contributed by atoms with Gasteiger partial charge in [0, 0.05) is 17.8 Å². The molecule has 0 saturated heterocycles. The Labute approximate surface area is 125 Å². The lowest BCUT2D eigenvalue weighted by Crippen LogP contribution is -2.09. The first-order valence-electron chi connectivity index (χ1n) is 6.93. The Kier molecular flexibility index (Phi) is 2.78. The second kappa shape index (κ2) is 4.66. The Morgan fingerprint density at radius 3 is 3.24 bits per heavy atom. The van der Waals surface area contributed by atoms with Crippen LogP contribution in [0.3, 0.4) is 0 Å². The molecule has 1 aliphatic heterocycles. The highest BCUT2D eigenvalue weighted by Crippen LogP contribution is 2.21. The van der Waals surface area contributed by atoms with Crippen molar-refractivity contribution in [3.8, 4) is 0 Å². The van der Waals surface area contributed by atoms with Crippen molar-refractivity contribution in [2.75, 3.05) is 0 Å². The summed E-state index contributed by atoms with van der Waals surface area (Å²) in [5.41, 5.74) is 3.28. The fourth-order valence-electron chi connectivity index (χ4n) is 2.78. The zero-order valence-corrected chi connectivity index (χ0v) is 12.4. The van der Waals surface area contributed by atoms with Crippen molar-refractivity contribution in [2.45, 2.75) is 26.3 Å². The minimum atomic E-state index is -0.0707. The largest absolute Gasteiger partial charge is 0.306 e. The zero-order valence-electron chi connectivity index (χ0n) is 11.6. The van der Waals surface area contributed by atoms with Gasteiger partial charge in [0.2, 0.25) is 0 Å². The molecule has 3 aromatic heterocycles. The number of rotatable bonds is 2. The van der Waals surface area contributed by atoms with Crippen LogP contribution in [-0.2, 0) is 13.0 Å². The van der Waals surface area contributed by atoms with Gasteiger partial charge in [-0.2, -0.15) is 5.10 Å². The molecule has 0 unspecified atom stereocenters. The molecule has 1 aliphatic rings. The van der Waals surface area contributed by atoms with Crippen molar-refractivity contribution in [2.24, 2.45) is 0 Å². The van der Waals surface area contributed by atoms with Crippen LogP contribution < -0.4 is 5.56 Å². The zero-order chi connectivity index (χ0) is 14.4. The summed E-state index contributed by atoms with van der Waals surface area (Å²) in [5, 5.41) is 7.02. The van der Waals surface area contributed by atoms with E-state index in [1.807, 2.05) is 35.3 Å². The standard InChI is InChI=1S/C15H14N4OS/c1-9-8-21-15-13(9)14(20)17-12(18-15)5-4-10-7-16-19-6-2-3-11(10)19/h4-5,7-8H,2-3,6H2,1H3,(H,17,18,20)/b5-4+. The highest BCUT2D eigenvalue weighted by molar-refractivity contribution is 7.16. The van der Waals surface area contributed by atoms with Crippen LogP contribution in [0.4, 0.5) is 0 Å². The molecule has 0 radical (unpaired) electrons. The topological polar surface area (TPSA) is 63.6 Å². The molecule has 0 aromatic carbocycles. The van der Waals surface area contributed by atoms with E-state index in [9.17, 15) is 4.79 Å². The number of thiophene rings is 1. The van der Waals surface area contributed by atoms with E-state index in [1.165, 1.54) is 17.0 Å². The Bertz CT molecular complexity index is 916. The summed E-state index contributed by atoms with van der Waals surface area (Å²) in [6, 6.07) is 0. The molecule has 1 N–H and O–H groups in total. The van der Waals surface area contributed by atoms with Crippen LogP contribution >= 0.6 is 11.3 Å². The smallest absolute Gasteiger partial charge is 0.260 e. The van der Waals surface area contributed by atoms with Crippen LogP contribution in [0.25, 0.3) is 22.4 Å². The fraction of sp³-hybridized carbons (Fsp3) is 0.267. The normalized spacial score (nSPS) is 14.3. The molecule has 0 aliphatic carbocycles. The highest BCUT2D eigenvalue weighted by Gasteiger charge is 2.14. The van der Waals surface area contributed by atoms with Gasteiger partial charge in [0.25, 0.3) is 5.56 Å². The number of hydrogen-bond donors (Lipinski definition) is 1. The number of fused-ring (bicyclic) bond motifs is 2. The van der Waals surface area contributed by atoms with E-state index >= 15 is 0 Å². The van der Waals surface area contributed by atoms with E-state index in [-0.39, 0.29) is 5.56 Å². The highest BCUT2D eigenvalue weighted by atomic mass is 32.1. The Morgan fingerprint density at radius 2 is 2.33 bits per heavy atom. The number of aromatic amines is 1. The lowest BCUT2D eigenvalue weighted by atomic mass is 10.2. The van der Waals surface area contributed by atoms with Gasteiger partial charge in [-0.05, 0) is 42.9 Å². The molecule has 4 rings (SSSR count). The van der Waals surface area contributed by atoms with Crippen molar-refractivity contribution in [1.82, 2.24) is 19.7 Å². The first-order valence-corrected chi connectivity index (χ1v) is 7.81. The predicted molar refractivity (Wildman–Crippen MR) is 84.5 cm³/mol. The van der Waals surface area contributed by atoms with E-state index in [4.69, 9.17) is 0 Å². The van der Waals surface area contributed by atoms with Crippen LogP contribution in [0, 0.1) is 6.92 Å². The first kappa shape index (κ1) is 12.5. The first-order chi connectivity index (χ1) is 10.2. The van der Waals surface area contributed by atoms with Crippen molar-refractivity contribution in [1.29, 1.82) is 0 Å². The van der Waals surface area contributed by atoms with Crippen LogP contribution in [0.1, 0.15) is 29.1 Å². The summed E-state index contributed by atoms with van der Waals surface area (Å²) >= 11 is 1.50. The molecule has 6 heteroatoms. The van der Waals surface area contributed by atoms with Crippen LogP contribution in [-0.4, -0.2) is 19.7 Å². The van der Waals surface area contributed by atoms with Gasteiger partial charge in [-0.25, -0.2) is 4.98 Å². The Hall–Kier alpha value is -2.21. The van der Waals surface area contributed by atoms with Gasteiger partial charge < -0.3 is 4.98 Å². The predicted octanol–water partition coefficient (Wildman–Crippen LogP) is 2.61. The van der Waals surface area contributed by atoms with E-state index in [2.05, 4.69) is 15.1 Å². The van der Waals surface area contributed by atoms with E-state index in [0.29, 0.717) is 11.2 Å². The third kappa shape index (κ3) is 2.03. The quantitative estimate of drug-likeness (QED) is 0.791. The lowest BCUT2D eigenvalue weighted by molar-refractivity contribution is 0.656. The summed E-state index contributed by atoms with van der Waals surface area (Å²) in [6.45, 7) is 2.93. The van der Waals surface area contributed by atoms with Gasteiger partial charge >= 0.3 is 0 Å². The maximum atomic E-state index is 12.1. The summed E-state index contributed by atoms with van der Waals surface area (Å²) < 4.78 is 2.04. The SMILES string of the molecule is Cc1csc2nc(/C=C/c3cnn4c3CCC4)[nH]c(=O)c12. The molecule has 0 saturated carbocycles. The Morgan fingerprint density at radius 1 is 1.43 bits per heavy atom. The van der Waals surface area contributed by atoms with Crippen molar-refractivity contribution >= 4 is 33.7 Å². The molecule has 5 nitrogen and oxygen atoms in total. The molecule has 106 valence electrons. The van der Waals surface area contributed by atoms with Gasteiger partial charge in [0.1, 0.15) is 10.7 Å². The molecule has 4 heterocycles. The number of nitrogens with zero attached hydrogens (tertiary/aromatic N) is 3. The summed E-state index contributed by atoms with van der Waals surface area (Å²) in [4.78, 5) is 20.2. The molecular weight excluding hydrogens is 284 g/mol.